The monoisotopic (exact) mass is 376 g/mol. The quantitative estimate of drug-likeness (QED) is 0.527. The van der Waals surface area contributed by atoms with E-state index in [-0.39, 0.29) is 57.5 Å². The van der Waals surface area contributed by atoms with Gasteiger partial charge in [-0.15, -0.1) is 6.92 Å². The zero-order valence-corrected chi connectivity index (χ0v) is 15.2. The number of allylic oxidation sites excluding steroid dienone is 4. The van der Waals surface area contributed by atoms with Gasteiger partial charge in [0.25, 0.3) is 0 Å². The van der Waals surface area contributed by atoms with E-state index < -0.39 is 0 Å². The van der Waals surface area contributed by atoms with Crippen LogP contribution in [0.3, 0.4) is 0 Å². The Kier molecular flexibility index (Phi) is 18.6. The van der Waals surface area contributed by atoms with Gasteiger partial charge >= 0.3 is 22.4 Å². The molecule has 1 heteroatoms. The van der Waals surface area contributed by atoms with Crippen molar-refractivity contribution in [1.82, 2.24) is 0 Å². The minimum Gasteiger partial charge on any atom is -0.358 e. The van der Waals surface area contributed by atoms with Crippen LogP contribution in [0.25, 0.3) is 0 Å². The van der Waals surface area contributed by atoms with Crippen molar-refractivity contribution in [2.24, 2.45) is 5.41 Å². The van der Waals surface area contributed by atoms with Gasteiger partial charge in [0.1, 0.15) is 0 Å². The average molecular weight is 376 g/mol. The Morgan fingerprint density at radius 2 is 1.20 bits per heavy atom. The summed E-state index contributed by atoms with van der Waals surface area (Å²) in [6.07, 6.45) is 3.44. The van der Waals surface area contributed by atoms with Gasteiger partial charge < -0.3 is 29.7 Å². The molecule has 0 atom stereocenters. The van der Waals surface area contributed by atoms with Crippen molar-refractivity contribution in [1.29, 1.82) is 0 Å². The fourth-order valence-electron chi connectivity index (χ4n) is 1.41. The molecule has 88 valence electrons. The predicted octanol–water partition coefficient (Wildman–Crippen LogP) is 4.91. The first kappa shape index (κ1) is 29.5. The molecule has 0 bridgehead atoms. The van der Waals surface area contributed by atoms with Gasteiger partial charge in [-0.05, 0) is 0 Å². The number of rotatable bonds is 0. The standard InChI is InChI=1S/C10H15.4CH3.Ta/c1-7-6-10(4,5)9(3)8(7)2;;;;;/h1-5H3;4*1H3;/q5*-1;+5. The van der Waals surface area contributed by atoms with Crippen molar-refractivity contribution in [3.8, 4) is 0 Å². The zero-order valence-electron chi connectivity index (χ0n) is 11.9. The van der Waals surface area contributed by atoms with Crippen LogP contribution in [0.4, 0.5) is 0 Å². The van der Waals surface area contributed by atoms with Crippen molar-refractivity contribution in [2.45, 2.75) is 34.6 Å². The van der Waals surface area contributed by atoms with Crippen LogP contribution in [-0.2, 0) is 22.4 Å². The molecule has 0 N–H and O–H groups in total. The van der Waals surface area contributed by atoms with E-state index in [1.54, 1.807) is 0 Å². The first-order valence-corrected chi connectivity index (χ1v) is 3.75. The molecule has 0 aromatic rings. The van der Waals surface area contributed by atoms with E-state index in [9.17, 15) is 0 Å². The van der Waals surface area contributed by atoms with Crippen molar-refractivity contribution in [3.05, 3.63) is 52.5 Å². The van der Waals surface area contributed by atoms with Crippen molar-refractivity contribution < 1.29 is 22.4 Å². The fraction of sp³-hybridized carbons (Fsp3) is 0.429. The predicted molar refractivity (Wildman–Crippen MR) is 70.2 cm³/mol. The van der Waals surface area contributed by atoms with Crippen LogP contribution >= 0.6 is 0 Å². The Morgan fingerprint density at radius 1 is 0.867 bits per heavy atom. The first-order chi connectivity index (χ1) is 4.45. The summed E-state index contributed by atoms with van der Waals surface area (Å²) in [7, 11) is 0. The van der Waals surface area contributed by atoms with Gasteiger partial charge in [-0.3, -0.25) is 6.08 Å². The molecule has 0 amide bonds. The summed E-state index contributed by atoms with van der Waals surface area (Å²) in [4.78, 5) is 0. The molecule has 1 rings (SSSR count). The summed E-state index contributed by atoms with van der Waals surface area (Å²) >= 11 is 0. The van der Waals surface area contributed by atoms with Gasteiger partial charge in [-0.2, -0.15) is 11.1 Å². The molecule has 0 aromatic heterocycles. The van der Waals surface area contributed by atoms with Crippen LogP contribution in [0.15, 0.2) is 16.7 Å². The van der Waals surface area contributed by atoms with Gasteiger partial charge in [0.15, 0.2) is 0 Å². The molecular weight excluding hydrogens is 349 g/mol. The van der Waals surface area contributed by atoms with Crippen molar-refractivity contribution >= 4 is 0 Å². The van der Waals surface area contributed by atoms with Crippen LogP contribution in [-0.4, -0.2) is 0 Å². The Morgan fingerprint density at radius 3 is 1.27 bits per heavy atom. The van der Waals surface area contributed by atoms with Crippen molar-refractivity contribution in [3.63, 3.8) is 0 Å². The van der Waals surface area contributed by atoms with E-state index >= 15 is 0 Å². The third kappa shape index (κ3) is 5.75. The Balaban J connectivity index is -0.0000000667. The summed E-state index contributed by atoms with van der Waals surface area (Å²) in [6, 6.07) is 0. The maximum absolute atomic E-state index is 3.44. The Hall–Kier alpha value is 0.220. The third-order valence-electron chi connectivity index (χ3n) is 2.56. The first-order valence-electron chi connectivity index (χ1n) is 3.75. The molecule has 0 fully saturated rings. The second-order valence-corrected chi connectivity index (χ2v) is 3.62. The molecule has 0 unspecified atom stereocenters. The maximum atomic E-state index is 3.44. The molecule has 0 radical (unpaired) electrons. The minimum absolute atomic E-state index is 0. The van der Waals surface area contributed by atoms with E-state index in [1.165, 1.54) is 16.7 Å². The maximum Gasteiger partial charge on any atom is 5.00 e. The van der Waals surface area contributed by atoms with Crippen LogP contribution in [0.5, 0.6) is 0 Å². The molecule has 0 saturated carbocycles. The van der Waals surface area contributed by atoms with Crippen LogP contribution in [0.2, 0.25) is 0 Å². The number of hydrogen-bond donors (Lipinski definition) is 0. The van der Waals surface area contributed by atoms with Crippen LogP contribution < -0.4 is 0 Å². The van der Waals surface area contributed by atoms with Gasteiger partial charge in [-0.25, -0.2) is 5.57 Å². The smallest absolute Gasteiger partial charge is 0.358 e. The van der Waals surface area contributed by atoms with Gasteiger partial charge in [-0.1, -0.05) is 33.1 Å². The Labute approximate surface area is 115 Å². The molecular formula is C14H27Ta. The molecule has 15 heavy (non-hydrogen) atoms. The van der Waals surface area contributed by atoms with E-state index in [0.29, 0.717) is 0 Å². The topological polar surface area (TPSA) is 0 Å². The van der Waals surface area contributed by atoms with E-state index in [4.69, 9.17) is 0 Å². The fourth-order valence-corrected chi connectivity index (χ4v) is 1.41. The largest absolute Gasteiger partial charge is 5.00 e. The summed E-state index contributed by atoms with van der Waals surface area (Å²) < 4.78 is 0. The molecule has 0 aliphatic heterocycles. The van der Waals surface area contributed by atoms with E-state index in [2.05, 4.69) is 40.7 Å². The molecule has 0 aromatic carbocycles. The molecule has 0 heterocycles. The molecule has 0 nitrogen and oxygen atoms in total. The summed E-state index contributed by atoms with van der Waals surface area (Å²) in [5.41, 5.74) is 4.39. The summed E-state index contributed by atoms with van der Waals surface area (Å²) in [6.45, 7) is 10.9. The van der Waals surface area contributed by atoms with E-state index in [0.717, 1.165) is 0 Å². The van der Waals surface area contributed by atoms with Gasteiger partial charge in [0, 0.05) is 0 Å². The third-order valence-corrected chi connectivity index (χ3v) is 2.56. The van der Waals surface area contributed by atoms with E-state index in [1.807, 2.05) is 0 Å². The molecule has 1 aliphatic carbocycles. The van der Waals surface area contributed by atoms with Gasteiger partial charge in [0.2, 0.25) is 0 Å². The average Bonchev–Trinajstić information content (AvgIpc) is 1.95. The normalized spacial score (nSPS) is 15.7. The molecule has 0 spiro atoms. The van der Waals surface area contributed by atoms with Gasteiger partial charge in [0.05, 0.1) is 0 Å². The van der Waals surface area contributed by atoms with Crippen LogP contribution in [0.1, 0.15) is 34.6 Å². The summed E-state index contributed by atoms with van der Waals surface area (Å²) in [5, 5.41) is 0. The minimum atomic E-state index is 0. The SMILES string of the molecule is CC1=[C-]C(C)(C)C(C)=C1C.[CH3-].[CH3-].[CH3-].[CH3-].[Ta+5]. The van der Waals surface area contributed by atoms with Crippen LogP contribution in [0, 0.1) is 41.2 Å². The molecule has 1 aliphatic rings. The van der Waals surface area contributed by atoms with Crippen molar-refractivity contribution in [2.75, 3.05) is 0 Å². The second kappa shape index (κ2) is 9.45. The number of hydrogen-bond acceptors (Lipinski definition) is 0. The summed E-state index contributed by atoms with van der Waals surface area (Å²) in [5.74, 6) is 0. The second-order valence-electron chi connectivity index (χ2n) is 3.62. The Bertz CT molecular complexity index is 219. The molecule has 0 saturated heterocycles. The zero-order chi connectivity index (χ0) is 7.94.